The van der Waals surface area contributed by atoms with Crippen LogP contribution in [0.25, 0.3) is 0 Å². The number of hydrogen-bond donors (Lipinski definition) is 0. The second kappa shape index (κ2) is 6.49. The Morgan fingerprint density at radius 2 is 0.909 bits per heavy atom. The quantitative estimate of drug-likeness (QED) is 0.497. The van der Waals surface area contributed by atoms with Gasteiger partial charge in [0.25, 0.3) is 0 Å². The number of rotatable bonds is 5. The number of allylic oxidation sites excluding steroid dienone is 1. The van der Waals surface area contributed by atoms with E-state index in [0.717, 1.165) is 6.32 Å². The van der Waals surface area contributed by atoms with Crippen LogP contribution in [0.1, 0.15) is 0 Å². The van der Waals surface area contributed by atoms with Crippen molar-refractivity contribution in [2.24, 2.45) is 0 Å². The molecule has 0 nitrogen and oxygen atoms in total. The minimum Gasteiger partial charge on any atom is -0.200 e. The first kappa shape index (κ1) is 14.4. The Morgan fingerprint density at radius 1 is 0.591 bits per heavy atom. The van der Waals surface area contributed by atoms with Crippen LogP contribution in [0.2, 0.25) is 6.32 Å². The van der Waals surface area contributed by atoms with E-state index in [1.54, 1.807) is 0 Å². The smallest absolute Gasteiger partial charge is 0.0849 e. The predicted octanol–water partition coefficient (Wildman–Crippen LogP) is 3.34. The van der Waals surface area contributed by atoms with Crippen molar-refractivity contribution in [1.82, 2.24) is 0 Å². The van der Waals surface area contributed by atoms with Crippen LogP contribution in [0.3, 0.4) is 0 Å². The van der Waals surface area contributed by atoms with Crippen molar-refractivity contribution in [3.8, 4) is 0 Å². The van der Waals surface area contributed by atoms with Crippen molar-refractivity contribution in [3.05, 3.63) is 104 Å². The summed E-state index contributed by atoms with van der Waals surface area (Å²) < 4.78 is 0. The van der Waals surface area contributed by atoms with Gasteiger partial charge < -0.3 is 0 Å². The molecule has 108 valence electrons. The zero-order valence-corrected chi connectivity index (χ0v) is 12.7. The van der Waals surface area contributed by atoms with Crippen molar-refractivity contribution >= 4 is 22.5 Å². The minimum atomic E-state index is -1.02. The lowest BCUT2D eigenvalue weighted by Crippen LogP contribution is -2.66. The Hall–Kier alpha value is -2.54. The van der Waals surface area contributed by atoms with Crippen LogP contribution in [0.5, 0.6) is 0 Å². The van der Waals surface area contributed by atoms with E-state index in [4.69, 9.17) is 0 Å². The van der Waals surface area contributed by atoms with Gasteiger partial charge in [-0.2, -0.15) is 16.4 Å². The molecule has 0 saturated heterocycles. The summed E-state index contributed by atoms with van der Waals surface area (Å²) in [5, 5.41) is 0. The lowest BCUT2D eigenvalue weighted by molar-refractivity contribution is 1.57. The van der Waals surface area contributed by atoms with E-state index < -0.39 is 6.15 Å². The Labute approximate surface area is 133 Å². The molecule has 0 unspecified atom stereocenters. The molecule has 0 N–H and O–H groups in total. The van der Waals surface area contributed by atoms with Gasteiger partial charge in [0.1, 0.15) is 0 Å². The van der Waals surface area contributed by atoms with Gasteiger partial charge in [0.2, 0.25) is 0 Å². The summed E-state index contributed by atoms with van der Waals surface area (Å²) in [6, 6.07) is 32.4. The van der Waals surface area contributed by atoms with E-state index in [1.807, 2.05) is 6.08 Å². The van der Waals surface area contributed by atoms with E-state index in [0.29, 0.717) is 0 Å². The van der Waals surface area contributed by atoms with Crippen LogP contribution in [0.15, 0.2) is 104 Å². The molecule has 0 radical (unpaired) electrons. The summed E-state index contributed by atoms with van der Waals surface area (Å²) in [6.45, 7) is 4.04. The van der Waals surface area contributed by atoms with E-state index in [1.165, 1.54) is 16.4 Å². The molecular formula is C21H20B-. The van der Waals surface area contributed by atoms with Crippen LogP contribution in [0.4, 0.5) is 0 Å². The Bertz CT molecular complexity index is 621. The molecule has 0 aliphatic carbocycles. The van der Waals surface area contributed by atoms with Crippen molar-refractivity contribution < 1.29 is 0 Å². The van der Waals surface area contributed by atoms with E-state index in [9.17, 15) is 0 Å². The summed E-state index contributed by atoms with van der Waals surface area (Å²) >= 11 is 0. The average Bonchev–Trinajstić information content (AvgIpc) is 2.62. The SMILES string of the molecule is C=CC[B-](c1ccccc1)(c1ccccc1)c1ccccc1. The monoisotopic (exact) mass is 283 g/mol. The molecule has 0 heterocycles. The molecule has 0 bridgehead atoms. The highest BCUT2D eigenvalue weighted by Crippen LogP contribution is 2.13. The Morgan fingerprint density at radius 3 is 1.18 bits per heavy atom. The molecule has 0 fully saturated rings. The third-order valence-electron chi connectivity index (χ3n) is 4.63. The van der Waals surface area contributed by atoms with Gasteiger partial charge >= 0.3 is 0 Å². The van der Waals surface area contributed by atoms with E-state index >= 15 is 0 Å². The second-order valence-electron chi connectivity index (χ2n) is 5.80. The van der Waals surface area contributed by atoms with Crippen molar-refractivity contribution in [2.45, 2.75) is 6.32 Å². The largest absolute Gasteiger partial charge is 0.200 e. The highest BCUT2D eigenvalue weighted by atomic mass is 14.1. The van der Waals surface area contributed by atoms with Gasteiger partial charge in [0, 0.05) is 0 Å². The maximum Gasteiger partial charge on any atom is 0.0849 e. The molecular weight excluding hydrogens is 263 g/mol. The normalized spacial score (nSPS) is 11.1. The molecule has 22 heavy (non-hydrogen) atoms. The van der Waals surface area contributed by atoms with Crippen LogP contribution in [-0.2, 0) is 0 Å². The van der Waals surface area contributed by atoms with Gasteiger partial charge in [0.05, 0.1) is 6.15 Å². The maximum atomic E-state index is 4.04. The van der Waals surface area contributed by atoms with E-state index in [2.05, 4.69) is 97.6 Å². The fourth-order valence-corrected chi connectivity index (χ4v) is 3.58. The van der Waals surface area contributed by atoms with Gasteiger partial charge in [0.15, 0.2) is 0 Å². The summed E-state index contributed by atoms with van der Waals surface area (Å²) in [7, 11) is 0. The van der Waals surface area contributed by atoms with Gasteiger partial charge in [-0.15, -0.1) is 19.0 Å². The van der Waals surface area contributed by atoms with Gasteiger partial charge in [-0.3, -0.25) is 0 Å². The molecule has 0 aliphatic heterocycles. The van der Waals surface area contributed by atoms with Crippen LogP contribution >= 0.6 is 0 Å². The summed E-state index contributed by atoms with van der Waals surface area (Å²) in [5.74, 6) is 0. The predicted molar refractivity (Wildman–Crippen MR) is 99.0 cm³/mol. The fourth-order valence-electron chi connectivity index (χ4n) is 3.58. The first-order valence-corrected chi connectivity index (χ1v) is 7.82. The molecule has 3 rings (SSSR count). The number of benzene rings is 3. The average molecular weight is 283 g/mol. The second-order valence-corrected chi connectivity index (χ2v) is 5.80. The summed E-state index contributed by atoms with van der Waals surface area (Å²) in [6.07, 6.45) is 1.95. The molecule has 3 aromatic carbocycles. The molecule has 3 aromatic rings. The minimum absolute atomic E-state index is 0.929. The van der Waals surface area contributed by atoms with Gasteiger partial charge in [-0.25, -0.2) is 0 Å². The van der Waals surface area contributed by atoms with Crippen molar-refractivity contribution in [2.75, 3.05) is 0 Å². The first-order chi connectivity index (χ1) is 10.9. The summed E-state index contributed by atoms with van der Waals surface area (Å²) in [4.78, 5) is 0. The van der Waals surface area contributed by atoms with Crippen molar-refractivity contribution in [3.63, 3.8) is 0 Å². The molecule has 0 amide bonds. The summed E-state index contributed by atoms with van der Waals surface area (Å²) in [5.41, 5.74) is 4.08. The van der Waals surface area contributed by atoms with Crippen LogP contribution < -0.4 is 16.4 Å². The zero-order chi connectivity index (χ0) is 15.3. The van der Waals surface area contributed by atoms with Gasteiger partial charge in [-0.05, 0) is 0 Å². The standard InChI is InChI=1S/C21H20B/c1-2-18-22(19-12-6-3-7-13-19,20-14-8-4-9-15-20)21-16-10-5-11-17-21/h2-17H,1,18H2/q-1. The fraction of sp³-hybridized carbons (Fsp3) is 0.0476. The van der Waals surface area contributed by atoms with Gasteiger partial charge in [-0.1, -0.05) is 91.0 Å². The molecule has 0 aromatic heterocycles. The Balaban J connectivity index is 2.31. The third-order valence-corrected chi connectivity index (χ3v) is 4.63. The lowest BCUT2D eigenvalue weighted by atomic mass is 9.14. The first-order valence-electron chi connectivity index (χ1n) is 7.82. The zero-order valence-electron chi connectivity index (χ0n) is 12.7. The maximum absolute atomic E-state index is 4.04. The molecule has 0 saturated carbocycles. The Kier molecular flexibility index (Phi) is 4.25. The molecule has 1 heteroatoms. The lowest BCUT2D eigenvalue weighted by Gasteiger charge is -2.42. The topological polar surface area (TPSA) is 0 Å². The molecule has 0 spiro atoms. The van der Waals surface area contributed by atoms with Crippen LogP contribution in [-0.4, -0.2) is 6.15 Å². The number of hydrogen-bond acceptors (Lipinski definition) is 0. The molecule has 0 aliphatic rings. The third kappa shape index (κ3) is 2.51. The highest BCUT2D eigenvalue weighted by Gasteiger charge is 2.28. The van der Waals surface area contributed by atoms with Crippen molar-refractivity contribution in [1.29, 1.82) is 0 Å². The molecule has 0 atom stereocenters. The highest BCUT2D eigenvalue weighted by molar-refractivity contribution is 7.11. The van der Waals surface area contributed by atoms with Crippen LogP contribution in [0, 0.1) is 0 Å². The van der Waals surface area contributed by atoms with E-state index in [-0.39, 0.29) is 0 Å².